The van der Waals surface area contributed by atoms with Crippen molar-refractivity contribution in [2.45, 2.75) is 59.4 Å². The summed E-state index contributed by atoms with van der Waals surface area (Å²) in [5, 5.41) is 3.54. The summed E-state index contributed by atoms with van der Waals surface area (Å²) in [5.74, 6) is 0. The highest BCUT2D eigenvalue weighted by atomic mass is 35.5. The van der Waals surface area contributed by atoms with Gasteiger partial charge in [0, 0.05) is 25.3 Å². The van der Waals surface area contributed by atoms with E-state index in [1.165, 1.54) is 43.4 Å². The third-order valence-corrected chi connectivity index (χ3v) is 3.85. The predicted molar refractivity (Wildman–Crippen MR) is 97.7 cm³/mol. The van der Waals surface area contributed by atoms with Crippen LogP contribution < -0.4 is 10.2 Å². The molecule has 0 aromatic heterocycles. The Morgan fingerprint density at radius 1 is 0.857 bits per heavy atom. The first-order chi connectivity index (χ1) is 9.81. The zero-order chi connectivity index (χ0) is 14.6. The van der Waals surface area contributed by atoms with E-state index in [4.69, 9.17) is 0 Å². The molecule has 122 valence electrons. The number of benzene rings is 1. The number of rotatable bonds is 11. The van der Waals surface area contributed by atoms with Gasteiger partial charge in [0.05, 0.1) is 0 Å². The van der Waals surface area contributed by atoms with E-state index >= 15 is 0 Å². The molecule has 0 aliphatic rings. The monoisotopic (exact) mass is 312 g/mol. The third-order valence-electron chi connectivity index (χ3n) is 3.85. The fourth-order valence-electron chi connectivity index (χ4n) is 2.50. The lowest BCUT2D eigenvalue weighted by Gasteiger charge is -2.21. The molecule has 0 amide bonds. The molecule has 1 N–H and O–H groups in total. The van der Waals surface area contributed by atoms with Crippen LogP contribution in [0.3, 0.4) is 0 Å². The highest BCUT2D eigenvalue weighted by Crippen LogP contribution is 2.14. The van der Waals surface area contributed by atoms with Crippen molar-refractivity contribution in [3.8, 4) is 0 Å². The maximum atomic E-state index is 3.54. The number of hydrogen-bond donors (Lipinski definition) is 1. The molecule has 21 heavy (non-hydrogen) atoms. The highest BCUT2D eigenvalue weighted by molar-refractivity contribution is 5.85. The van der Waals surface area contributed by atoms with E-state index in [-0.39, 0.29) is 12.4 Å². The number of halogens is 1. The van der Waals surface area contributed by atoms with Gasteiger partial charge >= 0.3 is 0 Å². The molecule has 0 saturated carbocycles. The average Bonchev–Trinajstić information content (AvgIpc) is 2.49. The van der Waals surface area contributed by atoms with E-state index in [1.54, 1.807) is 0 Å². The van der Waals surface area contributed by atoms with E-state index in [0.29, 0.717) is 0 Å². The lowest BCUT2D eigenvalue weighted by Crippen LogP contribution is -2.21. The van der Waals surface area contributed by atoms with Crippen LogP contribution in [0, 0.1) is 0 Å². The summed E-state index contributed by atoms with van der Waals surface area (Å²) in [4.78, 5) is 2.38. The van der Waals surface area contributed by atoms with Crippen molar-refractivity contribution >= 4 is 18.1 Å². The number of nitrogens with one attached hydrogen (secondary N) is 1. The first-order valence-corrected chi connectivity index (χ1v) is 8.36. The quantitative estimate of drug-likeness (QED) is 0.577. The molecule has 0 heterocycles. The summed E-state index contributed by atoms with van der Waals surface area (Å²) in [7, 11) is 0. The first kappa shape index (κ1) is 20.3. The Kier molecular flexibility index (Phi) is 12.5. The van der Waals surface area contributed by atoms with Gasteiger partial charge in [0.15, 0.2) is 0 Å². The standard InChI is InChI=1S/C18H32N2.ClH/c1-4-7-8-9-10-15-19-16-17-11-13-18(14-12-17)20(5-2)6-3;/h11-14,19H,4-10,15-16H2,1-3H3;1H. The molecule has 2 nitrogen and oxygen atoms in total. The summed E-state index contributed by atoms with van der Waals surface area (Å²) in [6.45, 7) is 11.0. The third kappa shape index (κ3) is 8.33. The van der Waals surface area contributed by atoms with Crippen LogP contribution in [-0.4, -0.2) is 19.6 Å². The molecule has 0 saturated heterocycles. The molecule has 0 unspecified atom stereocenters. The number of unbranched alkanes of at least 4 members (excludes halogenated alkanes) is 4. The van der Waals surface area contributed by atoms with Crippen LogP contribution in [0.5, 0.6) is 0 Å². The van der Waals surface area contributed by atoms with Crippen molar-refractivity contribution < 1.29 is 0 Å². The van der Waals surface area contributed by atoms with Crippen LogP contribution in [0.25, 0.3) is 0 Å². The van der Waals surface area contributed by atoms with Gasteiger partial charge in [-0.1, -0.05) is 44.7 Å². The Labute approximate surface area is 137 Å². The molecule has 1 rings (SSSR count). The zero-order valence-corrected chi connectivity index (χ0v) is 14.8. The minimum atomic E-state index is 0. The highest BCUT2D eigenvalue weighted by Gasteiger charge is 2.01. The largest absolute Gasteiger partial charge is 0.372 e. The summed E-state index contributed by atoms with van der Waals surface area (Å²) in [5.41, 5.74) is 2.72. The van der Waals surface area contributed by atoms with Crippen molar-refractivity contribution in [2.75, 3.05) is 24.5 Å². The van der Waals surface area contributed by atoms with Crippen molar-refractivity contribution in [2.24, 2.45) is 0 Å². The smallest absolute Gasteiger partial charge is 0.0366 e. The SMILES string of the molecule is CCCCCCCNCc1ccc(N(CC)CC)cc1.Cl. The molecule has 0 bridgehead atoms. The van der Waals surface area contributed by atoms with Gasteiger partial charge < -0.3 is 10.2 Å². The summed E-state index contributed by atoms with van der Waals surface area (Å²) in [6, 6.07) is 8.98. The molecule has 3 heteroatoms. The maximum Gasteiger partial charge on any atom is 0.0366 e. The molecular formula is C18H33ClN2. The molecule has 0 atom stereocenters. The minimum absolute atomic E-state index is 0. The zero-order valence-electron chi connectivity index (χ0n) is 14.0. The Balaban J connectivity index is 0.00000400. The van der Waals surface area contributed by atoms with E-state index in [0.717, 1.165) is 26.2 Å². The topological polar surface area (TPSA) is 15.3 Å². The molecule has 1 aromatic carbocycles. The summed E-state index contributed by atoms with van der Waals surface area (Å²) >= 11 is 0. The fraction of sp³-hybridized carbons (Fsp3) is 0.667. The molecule has 0 radical (unpaired) electrons. The molecular weight excluding hydrogens is 280 g/mol. The Bertz CT molecular complexity index is 334. The lowest BCUT2D eigenvalue weighted by molar-refractivity contribution is 0.583. The average molecular weight is 313 g/mol. The number of anilines is 1. The van der Waals surface area contributed by atoms with E-state index < -0.39 is 0 Å². The Morgan fingerprint density at radius 2 is 1.48 bits per heavy atom. The van der Waals surface area contributed by atoms with Crippen LogP contribution in [-0.2, 0) is 6.54 Å². The second kappa shape index (κ2) is 13.0. The van der Waals surface area contributed by atoms with E-state index in [1.807, 2.05) is 0 Å². The van der Waals surface area contributed by atoms with Gasteiger partial charge in [-0.2, -0.15) is 0 Å². The molecule has 0 aliphatic carbocycles. The summed E-state index contributed by atoms with van der Waals surface area (Å²) in [6.07, 6.45) is 6.76. The van der Waals surface area contributed by atoms with Crippen molar-refractivity contribution in [3.63, 3.8) is 0 Å². The van der Waals surface area contributed by atoms with E-state index in [9.17, 15) is 0 Å². The van der Waals surface area contributed by atoms with Crippen molar-refractivity contribution in [1.29, 1.82) is 0 Å². The summed E-state index contributed by atoms with van der Waals surface area (Å²) < 4.78 is 0. The van der Waals surface area contributed by atoms with Gasteiger partial charge in [-0.25, -0.2) is 0 Å². The Hall–Kier alpha value is -0.730. The van der Waals surface area contributed by atoms with Gasteiger partial charge in [0.1, 0.15) is 0 Å². The van der Waals surface area contributed by atoms with Crippen LogP contribution in [0.4, 0.5) is 5.69 Å². The van der Waals surface area contributed by atoms with Gasteiger partial charge in [-0.3, -0.25) is 0 Å². The van der Waals surface area contributed by atoms with Gasteiger partial charge in [-0.05, 0) is 44.5 Å². The normalized spacial score (nSPS) is 10.2. The van der Waals surface area contributed by atoms with Crippen molar-refractivity contribution in [3.05, 3.63) is 29.8 Å². The maximum absolute atomic E-state index is 3.54. The van der Waals surface area contributed by atoms with Crippen molar-refractivity contribution in [1.82, 2.24) is 5.32 Å². The van der Waals surface area contributed by atoms with Crippen LogP contribution >= 0.6 is 12.4 Å². The second-order valence-electron chi connectivity index (χ2n) is 5.43. The molecule has 0 aliphatic heterocycles. The number of hydrogen-bond acceptors (Lipinski definition) is 2. The van der Waals surface area contributed by atoms with Crippen LogP contribution in [0.2, 0.25) is 0 Å². The van der Waals surface area contributed by atoms with Crippen LogP contribution in [0.1, 0.15) is 58.4 Å². The van der Waals surface area contributed by atoms with E-state index in [2.05, 4.69) is 55.3 Å². The molecule has 0 fully saturated rings. The van der Waals surface area contributed by atoms with Crippen LogP contribution in [0.15, 0.2) is 24.3 Å². The molecule has 0 spiro atoms. The van der Waals surface area contributed by atoms with Gasteiger partial charge in [0.25, 0.3) is 0 Å². The Morgan fingerprint density at radius 3 is 2.05 bits per heavy atom. The first-order valence-electron chi connectivity index (χ1n) is 8.36. The van der Waals surface area contributed by atoms with Gasteiger partial charge in [-0.15, -0.1) is 12.4 Å². The second-order valence-corrected chi connectivity index (χ2v) is 5.43. The molecule has 1 aromatic rings. The predicted octanol–water partition coefficient (Wildman–Crippen LogP) is 5.01. The number of nitrogens with zero attached hydrogens (tertiary/aromatic N) is 1. The minimum Gasteiger partial charge on any atom is -0.372 e. The van der Waals surface area contributed by atoms with Gasteiger partial charge in [0.2, 0.25) is 0 Å². The lowest BCUT2D eigenvalue weighted by atomic mass is 10.1. The fourth-order valence-corrected chi connectivity index (χ4v) is 2.50.